The van der Waals surface area contributed by atoms with Crippen molar-refractivity contribution in [1.29, 1.82) is 0 Å². The second kappa shape index (κ2) is 3.76. The van der Waals surface area contributed by atoms with E-state index in [-0.39, 0.29) is 17.3 Å². The standard InChI is InChI=1S/C14H16O3/c1-2-16-13(15)11-9-14(11)7-8-17-12-6-4-3-5-10(12)14/h3-6,11H,2,7-9H2,1H3/t11?,14-/m0/s1. The molecule has 3 nitrogen and oxygen atoms in total. The molecule has 0 aromatic heterocycles. The van der Waals surface area contributed by atoms with E-state index in [1.165, 1.54) is 5.56 Å². The molecule has 2 atom stereocenters. The fourth-order valence-electron chi connectivity index (χ4n) is 2.91. The van der Waals surface area contributed by atoms with Gasteiger partial charge in [-0.3, -0.25) is 4.79 Å². The van der Waals surface area contributed by atoms with Crippen molar-refractivity contribution in [2.24, 2.45) is 5.92 Å². The molecule has 3 rings (SSSR count). The third kappa shape index (κ3) is 1.53. The van der Waals surface area contributed by atoms with E-state index in [9.17, 15) is 4.79 Å². The van der Waals surface area contributed by atoms with Crippen LogP contribution in [0.4, 0.5) is 0 Å². The van der Waals surface area contributed by atoms with Gasteiger partial charge in [-0.15, -0.1) is 0 Å². The summed E-state index contributed by atoms with van der Waals surface area (Å²) < 4.78 is 10.8. The maximum absolute atomic E-state index is 11.8. The Balaban J connectivity index is 1.90. The zero-order valence-corrected chi connectivity index (χ0v) is 9.94. The van der Waals surface area contributed by atoms with E-state index in [2.05, 4.69) is 6.07 Å². The molecule has 1 aliphatic heterocycles. The normalized spacial score (nSPS) is 29.4. The first kappa shape index (κ1) is 10.6. The first-order valence-electron chi connectivity index (χ1n) is 6.17. The van der Waals surface area contributed by atoms with E-state index < -0.39 is 0 Å². The number of benzene rings is 1. The Labute approximate surface area is 101 Å². The summed E-state index contributed by atoms with van der Waals surface area (Å²) in [4.78, 5) is 11.8. The summed E-state index contributed by atoms with van der Waals surface area (Å²) in [7, 11) is 0. The van der Waals surface area contributed by atoms with E-state index in [0.717, 1.165) is 18.6 Å². The molecule has 1 fully saturated rings. The number of esters is 1. The summed E-state index contributed by atoms with van der Waals surface area (Å²) >= 11 is 0. The number of para-hydroxylation sites is 1. The van der Waals surface area contributed by atoms with Crippen LogP contribution in [-0.2, 0) is 14.9 Å². The molecule has 2 aliphatic rings. The summed E-state index contributed by atoms with van der Waals surface area (Å²) in [6.07, 6.45) is 1.83. The summed E-state index contributed by atoms with van der Waals surface area (Å²) in [6, 6.07) is 8.04. The smallest absolute Gasteiger partial charge is 0.309 e. The lowest BCUT2D eigenvalue weighted by Gasteiger charge is -2.26. The number of hydrogen-bond donors (Lipinski definition) is 0. The van der Waals surface area contributed by atoms with Gasteiger partial charge in [0.2, 0.25) is 0 Å². The number of fused-ring (bicyclic) bond motifs is 2. The zero-order valence-electron chi connectivity index (χ0n) is 9.94. The monoisotopic (exact) mass is 232 g/mol. The van der Waals surface area contributed by atoms with Gasteiger partial charge in [0.1, 0.15) is 5.75 Å². The number of carbonyl (C=O) groups excluding carboxylic acids is 1. The fraction of sp³-hybridized carbons (Fsp3) is 0.500. The minimum absolute atomic E-state index is 0.00109. The highest BCUT2D eigenvalue weighted by Gasteiger charge is 2.61. The van der Waals surface area contributed by atoms with Crippen LogP contribution in [0.3, 0.4) is 0 Å². The van der Waals surface area contributed by atoms with Crippen LogP contribution in [0.2, 0.25) is 0 Å². The maximum Gasteiger partial charge on any atom is 0.309 e. The Hall–Kier alpha value is -1.51. The van der Waals surface area contributed by atoms with Gasteiger partial charge in [0.15, 0.2) is 0 Å². The highest BCUT2D eigenvalue weighted by molar-refractivity contribution is 5.79. The summed E-state index contributed by atoms with van der Waals surface area (Å²) in [5.41, 5.74) is 1.19. The second-order valence-corrected chi connectivity index (χ2v) is 4.76. The Bertz CT molecular complexity index is 455. The van der Waals surface area contributed by atoms with E-state index in [4.69, 9.17) is 9.47 Å². The molecule has 0 amide bonds. The SMILES string of the molecule is CCOC(=O)C1C[C@]12CCOc1ccccc12. The minimum Gasteiger partial charge on any atom is -0.493 e. The lowest BCUT2D eigenvalue weighted by molar-refractivity contribution is -0.145. The average Bonchev–Trinajstić information content (AvgIpc) is 3.06. The van der Waals surface area contributed by atoms with Crippen LogP contribution >= 0.6 is 0 Å². The van der Waals surface area contributed by atoms with Crippen LogP contribution in [-0.4, -0.2) is 19.2 Å². The van der Waals surface area contributed by atoms with Gasteiger partial charge in [-0.25, -0.2) is 0 Å². The molecule has 1 aromatic carbocycles. The van der Waals surface area contributed by atoms with Crippen LogP contribution in [0, 0.1) is 5.92 Å². The molecule has 0 bridgehead atoms. The first-order chi connectivity index (χ1) is 8.28. The molecule has 1 aliphatic carbocycles. The predicted molar refractivity (Wildman–Crippen MR) is 63.0 cm³/mol. The van der Waals surface area contributed by atoms with Crippen LogP contribution in [0.1, 0.15) is 25.3 Å². The lowest BCUT2D eigenvalue weighted by Crippen LogP contribution is -2.24. The maximum atomic E-state index is 11.8. The second-order valence-electron chi connectivity index (χ2n) is 4.76. The van der Waals surface area contributed by atoms with Crippen molar-refractivity contribution in [2.45, 2.75) is 25.2 Å². The molecular formula is C14H16O3. The van der Waals surface area contributed by atoms with Crippen molar-refractivity contribution in [3.05, 3.63) is 29.8 Å². The molecule has 1 saturated carbocycles. The third-order valence-electron chi connectivity index (χ3n) is 3.88. The van der Waals surface area contributed by atoms with Crippen LogP contribution in [0.5, 0.6) is 5.75 Å². The lowest BCUT2D eigenvalue weighted by atomic mass is 9.87. The Morgan fingerprint density at radius 3 is 3.18 bits per heavy atom. The number of rotatable bonds is 2. The average molecular weight is 232 g/mol. The molecule has 1 aromatic rings. The van der Waals surface area contributed by atoms with E-state index >= 15 is 0 Å². The fourth-order valence-corrected chi connectivity index (χ4v) is 2.91. The number of carbonyl (C=O) groups is 1. The van der Waals surface area contributed by atoms with Crippen LogP contribution < -0.4 is 4.74 Å². The molecule has 0 saturated heterocycles. The molecule has 0 N–H and O–H groups in total. The topological polar surface area (TPSA) is 35.5 Å². The van der Waals surface area contributed by atoms with Crippen molar-refractivity contribution in [1.82, 2.24) is 0 Å². The molecule has 0 radical (unpaired) electrons. The summed E-state index contributed by atoms with van der Waals surface area (Å²) in [6.45, 7) is 3.02. The van der Waals surface area contributed by atoms with E-state index in [1.807, 2.05) is 25.1 Å². The van der Waals surface area contributed by atoms with Crippen molar-refractivity contribution < 1.29 is 14.3 Å². The minimum atomic E-state index is -0.0517. The van der Waals surface area contributed by atoms with Crippen molar-refractivity contribution in [3.63, 3.8) is 0 Å². The third-order valence-corrected chi connectivity index (χ3v) is 3.88. The van der Waals surface area contributed by atoms with Gasteiger partial charge in [-0.1, -0.05) is 18.2 Å². The van der Waals surface area contributed by atoms with E-state index in [1.54, 1.807) is 0 Å². The van der Waals surface area contributed by atoms with Gasteiger partial charge in [-0.05, 0) is 25.8 Å². The molecule has 90 valence electrons. The summed E-state index contributed by atoms with van der Waals surface area (Å²) in [5.74, 6) is 0.919. The Kier molecular flexibility index (Phi) is 2.35. The zero-order chi connectivity index (χ0) is 11.9. The summed E-state index contributed by atoms with van der Waals surface area (Å²) in [5, 5.41) is 0. The molecule has 1 spiro atoms. The van der Waals surface area contributed by atoms with Gasteiger partial charge >= 0.3 is 5.97 Å². The molecular weight excluding hydrogens is 216 g/mol. The van der Waals surface area contributed by atoms with Gasteiger partial charge in [0.25, 0.3) is 0 Å². The van der Waals surface area contributed by atoms with Crippen LogP contribution in [0.25, 0.3) is 0 Å². The van der Waals surface area contributed by atoms with Gasteiger partial charge in [0, 0.05) is 11.0 Å². The molecule has 1 heterocycles. The largest absolute Gasteiger partial charge is 0.493 e. The Morgan fingerprint density at radius 1 is 1.53 bits per heavy atom. The van der Waals surface area contributed by atoms with Crippen molar-refractivity contribution in [3.8, 4) is 5.75 Å². The van der Waals surface area contributed by atoms with Gasteiger partial charge in [0.05, 0.1) is 19.1 Å². The van der Waals surface area contributed by atoms with Gasteiger partial charge in [-0.2, -0.15) is 0 Å². The number of ether oxygens (including phenoxy) is 2. The highest BCUT2D eigenvalue weighted by Crippen LogP contribution is 2.60. The molecule has 3 heteroatoms. The predicted octanol–water partition coefficient (Wildman–Crippen LogP) is 2.29. The van der Waals surface area contributed by atoms with Crippen molar-refractivity contribution in [2.75, 3.05) is 13.2 Å². The van der Waals surface area contributed by atoms with Gasteiger partial charge < -0.3 is 9.47 Å². The van der Waals surface area contributed by atoms with Crippen LogP contribution in [0.15, 0.2) is 24.3 Å². The van der Waals surface area contributed by atoms with Crippen molar-refractivity contribution >= 4 is 5.97 Å². The van der Waals surface area contributed by atoms with E-state index in [0.29, 0.717) is 13.2 Å². The molecule has 17 heavy (non-hydrogen) atoms. The highest BCUT2D eigenvalue weighted by atomic mass is 16.5. The Morgan fingerprint density at radius 2 is 2.35 bits per heavy atom. The number of hydrogen-bond acceptors (Lipinski definition) is 3. The molecule has 1 unspecified atom stereocenters. The first-order valence-corrected chi connectivity index (χ1v) is 6.17. The quantitative estimate of drug-likeness (QED) is 0.734.